The highest BCUT2D eigenvalue weighted by Gasteiger charge is 2.07. The molecular formula is C15H20ClN2O+. The standard InChI is InChI=1S/C15H20ClN2O/c1-12-8-14(10-16)9-13(2)15(12)19-7-6-18-5-4-17(3)11-18/h4-5,8-9,11H,6-7,10H2,1-3H3/q+1. The van der Waals surface area contributed by atoms with Gasteiger partial charge in [0, 0.05) is 5.88 Å². The molecule has 0 aliphatic heterocycles. The normalized spacial score (nSPS) is 10.7. The number of halogens is 1. The van der Waals surface area contributed by atoms with Crippen LogP contribution in [-0.4, -0.2) is 11.2 Å². The van der Waals surface area contributed by atoms with Gasteiger partial charge in [0.05, 0.1) is 7.05 Å². The van der Waals surface area contributed by atoms with Gasteiger partial charge >= 0.3 is 0 Å². The molecule has 0 N–H and O–H groups in total. The van der Waals surface area contributed by atoms with Gasteiger partial charge in [-0.2, -0.15) is 0 Å². The van der Waals surface area contributed by atoms with E-state index in [1.165, 1.54) is 0 Å². The number of aromatic nitrogens is 2. The molecule has 4 heteroatoms. The number of imidazole rings is 1. The summed E-state index contributed by atoms with van der Waals surface area (Å²) in [7, 11) is 2.01. The molecule has 0 saturated heterocycles. The van der Waals surface area contributed by atoms with Crippen molar-refractivity contribution in [3.63, 3.8) is 0 Å². The molecule has 0 radical (unpaired) electrons. The molecule has 0 aliphatic rings. The number of rotatable bonds is 5. The van der Waals surface area contributed by atoms with Gasteiger partial charge in [-0.1, -0.05) is 12.1 Å². The minimum absolute atomic E-state index is 0.543. The Kier molecular flexibility index (Phi) is 4.48. The van der Waals surface area contributed by atoms with Gasteiger partial charge in [0.25, 0.3) is 0 Å². The van der Waals surface area contributed by atoms with Gasteiger partial charge in [-0.15, -0.1) is 11.6 Å². The summed E-state index contributed by atoms with van der Waals surface area (Å²) in [6, 6.07) is 4.18. The summed E-state index contributed by atoms with van der Waals surface area (Å²) in [6.07, 6.45) is 6.10. The summed E-state index contributed by atoms with van der Waals surface area (Å²) >= 11 is 5.86. The number of benzene rings is 1. The lowest BCUT2D eigenvalue weighted by molar-refractivity contribution is -0.671. The number of aryl methyl sites for hydroxylation is 3. The van der Waals surface area contributed by atoms with Crippen LogP contribution < -0.4 is 9.30 Å². The van der Waals surface area contributed by atoms with Gasteiger partial charge in [-0.05, 0) is 30.5 Å². The van der Waals surface area contributed by atoms with E-state index in [4.69, 9.17) is 16.3 Å². The molecule has 3 nitrogen and oxygen atoms in total. The van der Waals surface area contributed by atoms with E-state index in [0.717, 1.165) is 29.0 Å². The lowest BCUT2D eigenvalue weighted by Gasteiger charge is -2.12. The third-order valence-electron chi connectivity index (χ3n) is 3.09. The predicted molar refractivity (Wildman–Crippen MR) is 76.6 cm³/mol. The molecule has 0 spiro atoms. The summed E-state index contributed by atoms with van der Waals surface area (Å²) in [5.74, 6) is 1.52. The van der Waals surface area contributed by atoms with E-state index in [2.05, 4.69) is 30.5 Å². The third-order valence-corrected chi connectivity index (χ3v) is 3.40. The molecule has 2 rings (SSSR count). The van der Waals surface area contributed by atoms with Gasteiger partial charge in [-0.25, -0.2) is 9.13 Å². The Hall–Kier alpha value is -1.48. The second-order valence-electron chi connectivity index (χ2n) is 4.86. The summed E-state index contributed by atoms with van der Waals surface area (Å²) in [6.45, 7) is 5.63. The van der Waals surface area contributed by atoms with Gasteiger partial charge in [-0.3, -0.25) is 0 Å². The first-order chi connectivity index (χ1) is 9.10. The van der Waals surface area contributed by atoms with Crippen molar-refractivity contribution >= 4 is 11.6 Å². The highest BCUT2D eigenvalue weighted by molar-refractivity contribution is 6.17. The minimum atomic E-state index is 0.543. The van der Waals surface area contributed by atoms with E-state index in [1.807, 2.05) is 30.3 Å². The van der Waals surface area contributed by atoms with Crippen LogP contribution in [-0.2, 0) is 19.5 Å². The third kappa shape index (κ3) is 3.51. The summed E-state index contributed by atoms with van der Waals surface area (Å²) in [4.78, 5) is 0. The quantitative estimate of drug-likeness (QED) is 0.608. The highest BCUT2D eigenvalue weighted by Crippen LogP contribution is 2.25. The van der Waals surface area contributed by atoms with E-state index in [0.29, 0.717) is 12.5 Å². The van der Waals surface area contributed by atoms with E-state index in [-0.39, 0.29) is 0 Å². The van der Waals surface area contributed by atoms with Crippen molar-refractivity contribution in [1.82, 2.24) is 4.57 Å². The molecule has 0 unspecified atom stereocenters. The van der Waals surface area contributed by atoms with Crippen LogP contribution in [0.5, 0.6) is 5.75 Å². The van der Waals surface area contributed by atoms with Crippen LogP contribution in [0.1, 0.15) is 16.7 Å². The van der Waals surface area contributed by atoms with Crippen LogP contribution in [0.2, 0.25) is 0 Å². The lowest BCUT2D eigenvalue weighted by Crippen LogP contribution is -2.24. The Bertz CT molecular complexity index is 540. The number of hydrogen-bond donors (Lipinski definition) is 0. The average Bonchev–Trinajstić information content (AvgIpc) is 2.78. The van der Waals surface area contributed by atoms with Gasteiger partial charge in [0.2, 0.25) is 6.33 Å². The molecule has 0 atom stereocenters. The topological polar surface area (TPSA) is 18.0 Å². The first kappa shape index (κ1) is 13.9. The van der Waals surface area contributed by atoms with Gasteiger partial charge < -0.3 is 4.74 Å². The Morgan fingerprint density at radius 3 is 2.47 bits per heavy atom. The molecule has 102 valence electrons. The van der Waals surface area contributed by atoms with Crippen molar-refractivity contribution in [3.05, 3.63) is 47.5 Å². The van der Waals surface area contributed by atoms with Crippen LogP contribution >= 0.6 is 11.6 Å². The molecule has 0 saturated carbocycles. The number of hydrogen-bond acceptors (Lipinski definition) is 1. The Balaban J connectivity index is 1.99. The van der Waals surface area contributed by atoms with E-state index in [9.17, 15) is 0 Å². The van der Waals surface area contributed by atoms with Gasteiger partial charge in [0.1, 0.15) is 31.3 Å². The number of nitrogens with zero attached hydrogens (tertiary/aromatic N) is 2. The smallest absolute Gasteiger partial charge is 0.243 e. The van der Waals surface area contributed by atoms with Crippen molar-refractivity contribution in [2.75, 3.05) is 6.61 Å². The van der Waals surface area contributed by atoms with Crippen molar-refractivity contribution in [2.24, 2.45) is 7.05 Å². The number of ether oxygens (including phenoxy) is 1. The van der Waals surface area contributed by atoms with Crippen molar-refractivity contribution < 1.29 is 9.30 Å². The molecule has 0 fully saturated rings. The molecular weight excluding hydrogens is 260 g/mol. The first-order valence-corrected chi connectivity index (χ1v) is 6.93. The number of alkyl halides is 1. The second-order valence-corrected chi connectivity index (χ2v) is 5.13. The molecule has 0 aliphatic carbocycles. The van der Waals surface area contributed by atoms with Crippen molar-refractivity contribution in [2.45, 2.75) is 26.3 Å². The van der Waals surface area contributed by atoms with Gasteiger partial charge in [0.15, 0.2) is 0 Å². The molecule has 19 heavy (non-hydrogen) atoms. The van der Waals surface area contributed by atoms with Crippen molar-refractivity contribution in [3.8, 4) is 5.75 Å². The van der Waals surface area contributed by atoms with E-state index >= 15 is 0 Å². The van der Waals surface area contributed by atoms with Crippen LogP contribution in [0, 0.1) is 13.8 Å². The fourth-order valence-corrected chi connectivity index (χ4v) is 2.39. The Morgan fingerprint density at radius 1 is 1.26 bits per heavy atom. The summed E-state index contributed by atoms with van der Waals surface area (Å²) < 4.78 is 10.0. The maximum absolute atomic E-state index is 5.91. The predicted octanol–water partition coefficient (Wildman–Crippen LogP) is 2.75. The molecule has 1 heterocycles. The average molecular weight is 280 g/mol. The van der Waals surface area contributed by atoms with Crippen LogP contribution in [0.15, 0.2) is 30.9 Å². The second kappa shape index (κ2) is 6.11. The Morgan fingerprint density at radius 2 is 1.95 bits per heavy atom. The zero-order valence-electron chi connectivity index (χ0n) is 11.7. The first-order valence-electron chi connectivity index (χ1n) is 6.40. The summed E-state index contributed by atoms with van der Waals surface area (Å²) in [5, 5.41) is 0. The van der Waals surface area contributed by atoms with Crippen LogP contribution in [0.3, 0.4) is 0 Å². The molecule has 1 aromatic heterocycles. The Labute approximate surface area is 119 Å². The van der Waals surface area contributed by atoms with Crippen molar-refractivity contribution in [1.29, 1.82) is 0 Å². The maximum atomic E-state index is 5.91. The molecule has 0 amide bonds. The largest absolute Gasteiger partial charge is 0.489 e. The molecule has 1 aromatic carbocycles. The fraction of sp³-hybridized carbons (Fsp3) is 0.400. The monoisotopic (exact) mass is 279 g/mol. The summed E-state index contributed by atoms with van der Waals surface area (Å²) in [5.41, 5.74) is 3.43. The van der Waals surface area contributed by atoms with E-state index < -0.39 is 0 Å². The highest BCUT2D eigenvalue weighted by atomic mass is 35.5. The maximum Gasteiger partial charge on any atom is 0.243 e. The molecule has 2 aromatic rings. The van der Waals surface area contributed by atoms with Crippen LogP contribution in [0.25, 0.3) is 0 Å². The molecule has 0 bridgehead atoms. The van der Waals surface area contributed by atoms with E-state index in [1.54, 1.807) is 0 Å². The zero-order valence-corrected chi connectivity index (χ0v) is 12.4. The zero-order chi connectivity index (χ0) is 13.8. The lowest BCUT2D eigenvalue weighted by atomic mass is 10.1. The van der Waals surface area contributed by atoms with Crippen LogP contribution in [0.4, 0.5) is 0 Å². The fourth-order valence-electron chi connectivity index (χ4n) is 2.23. The SMILES string of the molecule is Cc1cc(CCl)cc(C)c1OCCn1cc[n+](C)c1. The minimum Gasteiger partial charge on any atom is -0.489 e.